The molecule has 0 aromatic heterocycles. The molecule has 0 aliphatic carbocycles. The Bertz CT molecular complexity index is 860. The number of halogens is 1. The van der Waals surface area contributed by atoms with Gasteiger partial charge in [0.05, 0.1) is 4.90 Å². The first kappa shape index (κ1) is 18.1. The summed E-state index contributed by atoms with van der Waals surface area (Å²) >= 11 is 3.34. The number of anilines is 1. The highest BCUT2D eigenvalue weighted by Crippen LogP contribution is 2.22. The summed E-state index contributed by atoms with van der Waals surface area (Å²) in [6.45, 7) is 1.08. The van der Waals surface area contributed by atoms with Crippen molar-refractivity contribution < 1.29 is 13.2 Å². The number of nitrogens with one attached hydrogen (secondary N) is 1. The van der Waals surface area contributed by atoms with Crippen molar-refractivity contribution in [2.45, 2.75) is 24.2 Å². The van der Waals surface area contributed by atoms with Crippen molar-refractivity contribution in [1.29, 1.82) is 0 Å². The van der Waals surface area contributed by atoms with Crippen molar-refractivity contribution in [2.24, 2.45) is 0 Å². The van der Waals surface area contributed by atoms with E-state index in [9.17, 15) is 13.2 Å². The summed E-state index contributed by atoms with van der Waals surface area (Å²) in [7, 11) is -3.55. The van der Waals surface area contributed by atoms with Crippen molar-refractivity contribution in [3.05, 3.63) is 58.6 Å². The van der Waals surface area contributed by atoms with Crippen LogP contribution in [0.5, 0.6) is 0 Å². The zero-order chi connectivity index (χ0) is 17.9. The second-order valence-corrected chi connectivity index (χ2v) is 8.81. The number of benzene rings is 2. The third kappa shape index (κ3) is 4.29. The van der Waals surface area contributed by atoms with Crippen LogP contribution in [0.25, 0.3) is 0 Å². The lowest BCUT2D eigenvalue weighted by molar-refractivity contribution is 0.102. The summed E-state index contributed by atoms with van der Waals surface area (Å²) in [5.74, 6) is -0.335. The van der Waals surface area contributed by atoms with Gasteiger partial charge in [-0.3, -0.25) is 4.79 Å². The highest BCUT2D eigenvalue weighted by Gasteiger charge is 2.26. The van der Waals surface area contributed by atoms with Gasteiger partial charge < -0.3 is 5.32 Å². The first-order valence-electron chi connectivity index (χ1n) is 8.14. The molecule has 25 heavy (non-hydrogen) atoms. The van der Waals surface area contributed by atoms with Gasteiger partial charge in [0.15, 0.2) is 0 Å². The normalized spacial score (nSPS) is 15.7. The Morgan fingerprint density at radius 2 is 1.68 bits per heavy atom. The van der Waals surface area contributed by atoms with Crippen LogP contribution in [0, 0.1) is 0 Å². The zero-order valence-corrected chi connectivity index (χ0v) is 16.0. The third-order valence-corrected chi connectivity index (χ3v) is 6.57. The average Bonchev–Trinajstić information content (AvgIpc) is 2.64. The smallest absolute Gasteiger partial charge is 0.255 e. The second kappa shape index (κ2) is 7.68. The van der Waals surface area contributed by atoms with Gasteiger partial charge in [-0.2, -0.15) is 4.31 Å². The Balaban J connectivity index is 1.80. The fourth-order valence-corrected chi connectivity index (χ4v) is 4.62. The van der Waals surface area contributed by atoms with Crippen LogP contribution < -0.4 is 5.32 Å². The number of hydrogen-bond acceptors (Lipinski definition) is 3. The monoisotopic (exact) mass is 422 g/mol. The Morgan fingerprint density at radius 3 is 2.36 bits per heavy atom. The maximum atomic E-state index is 12.7. The predicted octanol–water partition coefficient (Wildman–Crippen LogP) is 3.88. The number of carbonyl (C=O) groups excluding carboxylic acids is 1. The molecule has 5 nitrogen and oxygen atoms in total. The van der Waals surface area contributed by atoms with Crippen LogP contribution in [0.4, 0.5) is 5.69 Å². The Kier molecular flexibility index (Phi) is 5.56. The molecule has 0 atom stereocenters. The lowest BCUT2D eigenvalue weighted by Crippen LogP contribution is -2.35. The van der Waals surface area contributed by atoms with E-state index in [1.54, 1.807) is 30.3 Å². The van der Waals surface area contributed by atoms with Gasteiger partial charge in [-0.25, -0.2) is 8.42 Å². The molecule has 0 bridgehead atoms. The van der Waals surface area contributed by atoms with Crippen LogP contribution >= 0.6 is 15.9 Å². The minimum Gasteiger partial charge on any atom is -0.322 e. The topological polar surface area (TPSA) is 66.5 Å². The number of piperidine rings is 1. The molecule has 2 aromatic carbocycles. The van der Waals surface area contributed by atoms with Gasteiger partial charge in [0.2, 0.25) is 10.0 Å². The number of rotatable bonds is 4. The number of carbonyl (C=O) groups is 1. The molecular weight excluding hydrogens is 404 g/mol. The molecule has 132 valence electrons. The SMILES string of the molecule is O=C(Nc1ccc(Br)cc1)c1cccc(S(=O)(=O)N2CCCCC2)c1. The number of sulfonamides is 1. The van der Waals surface area contributed by atoms with E-state index in [1.165, 1.54) is 10.4 Å². The van der Waals surface area contributed by atoms with Crippen molar-refractivity contribution in [1.82, 2.24) is 4.31 Å². The second-order valence-electron chi connectivity index (χ2n) is 5.95. The average molecular weight is 423 g/mol. The minimum atomic E-state index is -3.55. The Labute approximate surface area is 156 Å². The van der Waals surface area contributed by atoms with Gasteiger partial charge in [-0.15, -0.1) is 0 Å². The first-order valence-corrected chi connectivity index (χ1v) is 10.4. The van der Waals surface area contributed by atoms with Gasteiger partial charge in [0, 0.05) is 28.8 Å². The molecule has 1 heterocycles. The summed E-state index contributed by atoms with van der Waals surface area (Å²) in [6, 6.07) is 13.4. The lowest BCUT2D eigenvalue weighted by atomic mass is 10.2. The summed E-state index contributed by atoms with van der Waals surface area (Å²) in [5, 5.41) is 2.78. The van der Waals surface area contributed by atoms with Crippen LogP contribution in [0.2, 0.25) is 0 Å². The minimum absolute atomic E-state index is 0.165. The van der Waals surface area contributed by atoms with Crippen LogP contribution in [0.1, 0.15) is 29.6 Å². The fourth-order valence-electron chi connectivity index (χ4n) is 2.79. The summed E-state index contributed by atoms with van der Waals surface area (Å²) in [6.07, 6.45) is 2.81. The predicted molar refractivity (Wildman–Crippen MR) is 101 cm³/mol. The van der Waals surface area contributed by atoms with E-state index in [2.05, 4.69) is 21.2 Å². The summed E-state index contributed by atoms with van der Waals surface area (Å²) in [4.78, 5) is 12.6. The molecule has 0 spiro atoms. The van der Waals surface area contributed by atoms with E-state index < -0.39 is 10.0 Å². The summed E-state index contributed by atoms with van der Waals surface area (Å²) < 4.78 is 27.9. The standard InChI is InChI=1S/C18H19BrN2O3S/c19-15-7-9-16(10-8-15)20-18(22)14-5-4-6-17(13-14)25(23,24)21-11-2-1-3-12-21/h4-10,13H,1-3,11-12H2,(H,20,22). The van der Waals surface area contributed by atoms with Gasteiger partial charge in [0.1, 0.15) is 0 Å². The van der Waals surface area contributed by atoms with E-state index in [4.69, 9.17) is 0 Å². The highest BCUT2D eigenvalue weighted by atomic mass is 79.9. The molecular formula is C18H19BrN2O3S. The number of hydrogen-bond donors (Lipinski definition) is 1. The molecule has 2 aromatic rings. The molecule has 0 saturated carbocycles. The summed E-state index contributed by atoms with van der Waals surface area (Å²) in [5.41, 5.74) is 0.971. The van der Waals surface area contributed by atoms with Crippen molar-refractivity contribution in [3.63, 3.8) is 0 Å². The van der Waals surface area contributed by atoms with Crippen LogP contribution in [0.15, 0.2) is 57.9 Å². The lowest BCUT2D eigenvalue weighted by Gasteiger charge is -2.26. The Hall–Kier alpha value is -1.70. The van der Waals surface area contributed by atoms with Crippen molar-refractivity contribution in [2.75, 3.05) is 18.4 Å². The van der Waals surface area contributed by atoms with Gasteiger partial charge in [-0.1, -0.05) is 28.4 Å². The zero-order valence-electron chi connectivity index (χ0n) is 13.6. The third-order valence-electron chi connectivity index (χ3n) is 4.15. The van der Waals surface area contributed by atoms with Gasteiger partial charge in [-0.05, 0) is 55.3 Å². The van der Waals surface area contributed by atoms with Gasteiger partial charge >= 0.3 is 0 Å². The van der Waals surface area contributed by atoms with Crippen LogP contribution in [-0.2, 0) is 10.0 Å². The maximum Gasteiger partial charge on any atom is 0.255 e. The van der Waals surface area contributed by atoms with Crippen molar-refractivity contribution in [3.8, 4) is 0 Å². The number of amides is 1. The van der Waals surface area contributed by atoms with E-state index in [0.29, 0.717) is 24.3 Å². The Morgan fingerprint density at radius 1 is 1.00 bits per heavy atom. The van der Waals surface area contributed by atoms with Crippen molar-refractivity contribution >= 4 is 37.5 Å². The van der Waals surface area contributed by atoms with Gasteiger partial charge in [0.25, 0.3) is 5.91 Å². The highest BCUT2D eigenvalue weighted by molar-refractivity contribution is 9.10. The molecule has 1 N–H and O–H groups in total. The maximum absolute atomic E-state index is 12.7. The molecule has 1 saturated heterocycles. The van der Waals surface area contributed by atoms with Crippen LogP contribution in [0.3, 0.4) is 0 Å². The largest absolute Gasteiger partial charge is 0.322 e. The van der Waals surface area contributed by atoms with Crippen LogP contribution in [-0.4, -0.2) is 31.7 Å². The molecule has 1 fully saturated rings. The van der Waals surface area contributed by atoms with E-state index in [-0.39, 0.29) is 10.8 Å². The first-order chi connectivity index (χ1) is 12.0. The number of nitrogens with zero attached hydrogens (tertiary/aromatic N) is 1. The molecule has 1 amide bonds. The fraction of sp³-hybridized carbons (Fsp3) is 0.278. The van der Waals surface area contributed by atoms with E-state index in [0.717, 1.165) is 23.7 Å². The molecule has 0 radical (unpaired) electrons. The quantitative estimate of drug-likeness (QED) is 0.812. The molecule has 1 aliphatic heterocycles. The molecule has 3 rings (SSSR count). The van der Waals surface area contributed by atoms with E-state index in [1.807, 2.05) is 12.1 Å². The molecule has 0 unspecified atom stereocenters. The molecule has 1 aliphatic rings. The van der Waals surface area contributed by atoms with E-state index >= 15 is 0 Å². The molecule has 7 heteroatoms.